The molecule has 276 valence electrons. The number of aromatic nitrogens is 2. The largest absolute Gasteiger partial charge is 0.416 e. The van der Waals surface area contributed by atoms with Gasteiger partial charge >= 0.3 is 0 Å². The second kappa shape index (κ2) is 16.3. The van der Waals surface area contributed by atoms with Crippen molar-refractivity contribution in [1.29, 1.82) is 0 Å². The van der Waals surface area contributed by atoms with Gasteiger partial charge in [-0.25, -0.2) is 18.1 Å². The maximum absolute atomic E-state index is 14.2. The number of halogens is 1. The summed E-state index contributed by atoms with van der Waals surface area (Å²) in [6, 6.07) is 22.9. The number of amides is 2. The molecule has 0 saturated carbocycles. The van der Waals surface area contributed by atoms with E-state index in [0.29, 0.717) is 59.1 Å². The van der Waals surface area contributed by atoms with Gasteiger partial charge in [0.2, 0.25) is 0 Å². The molecule has 2 heterocycles. The van der Waals surface area contributed by atoms with Crippen molar-refractivity contribution in [3.8, 4) is 11.3 Å². The highest BCUT2D eigenvalue weighted by atomic mass is 35.5. The van der Waals surface area contributed by atoms with Gasteiger partial charge in [-0.15, -0.1) is 0 Å². The molecule has 1 aromatic heterocycles. The predicted octanol–water partition coefficient (Wildman–Crippen LogP) is 7.61. The average Bonchev–Trinajstić information content (AvgIpc) is 3.61. The third kappa shape index (κ3) is 7.96. The molecule has 1 aliphatic rings. The molecule has 0 spiro atoms. The van der Waals surface area contributed by atoms with Gasteiger partial charge in [-0.1, -0.05) is 93.4 Å². The maximum Gasteiger partial charge on any atom is 0.274 e. The summed E-state index contributed by atoms with van der Waals surface area (Å²) >= 11 is 6.36. The van der Waals surface area contributed by atoms with Crippen LogP contribution in [0.1, 0.15) is 77.1 Å². The highest BCUT2D eigenvalue weighted by Crippen LogP contribution is 2.36. The molecule has 0 atom stereocenters. The number of unbranched alkanes of at least 4 members (excludes halogenated alkanes) is 2. The number of benzene rings is 4. The minimum Gasteiger partial charge on any atom is -0.416 e. The SMILES string of the molecule is C=C(c1cc(C(=O)NS(=O)(=O)c2ccc3cccc(Cl)c3c2)ccc1-c1c(C(=O)N(CCCC)CCCC)ncn1OC)N1CCc2ccccc2C1. The molecule has 1 aliphatic heterocycles. The average molecular weight is 754 g/mol. The van der Waals surface area contributed by atoms with Crippen molar-refractivity contribution in [3.05, 3.63) is 125 Å². The predicted molar refractivity (Wildman–Crippen MR) is 209 cm³/mol. The van der Waals surface area contributed by atoms with Crippen molar-refractivity contribution >= 4 is 49.9 Å². The molecule has 0 unspecified atom stereocenters. The summed E-state index contributed by atoms with van der Waals surface area (Å²) in [6.45, 7) is 11.1. The first kappa shape index (κ1) is 37.6. The van der Waals surface area contributed by atoms with Crippen molar-refractivity contribution < 1.29 is 22.8 Å². The Hall–Kier alpha value is -5.13. The Morgan fingerprint density at radius 1 is 0.962 bits per heavy atom. The van der Waals surface area contributed by atoms with Crippen LogP contribution in [0.15, 0.2) is 96.7 Å². The molecule has 5 aromatic rings. The number of sulfonamides is 1. The van der Waals surface area contributed by atoms with Crippen LogP contribution >= 0.6 is 11.6 Å². The molecular formula is C41H44ClN5O5S. The highest BCUT2D eigenvalue weighted by molar-refractivity contribution is 7.90. The van der Waals surface area contributed by atoms with Crippen LogP contribution in [0.3, 0.4) is 0 Å². The molecule has 1 N–H and O–H groups in total. The lowest BCUT2D eigenvalue weighted by Gasteiger charge is -2.33. The van der Waals surface area contributed by atoms with Crippen LogP contribution in [0.2, 0.25) is 5.02 Å². The van der Waals surface area contributed by atoms with E-state index in [1.807, 2.05) is 23.1 Å². The minimum absolute atomic E-state index is 0.0913. The summed E-state index contributed by atoms with van der Waals surface area (Å²) in [6.07, 6.45) is 5.84. The Labute approximate surface area is 316 Å². The van der Waals surface area contributed by atoms with Crippen LogP contribution < -0.4 is 9.56 Å². The molecule has 6 rings (SSSR count). The van der Waals surface area contributed by atoms with E-state index in [1.54, 1.807) is 30.3 Å². The van der Waals surface area contributed by atoms with Crippen LogP contribution in [0, 0.1) is 0 Å². The summed E-state index contributed by atoms with van der Waals surface area (Å²) in [5.74, 6) is -1.04. The zero-order chi connectivity index (χ0) is 37.7. The Kier molecular flexibility index (Phi) is 11.5. The number of rotatable bonds is 14. The normalized spacial score (nSPS) is 12.7. The van der Waals surface area contributed by atoms with Gasteiger partial charge in [0.25, 0.3) is 21.8 Å². The molecule has 12 heteroatoms. The van der Waals surface area contributed by atoms with Crippen LogP contribution in [0.5, 0.6) is 0 Å². The van der Waals surface area contributed by atoms with Gasteiger partial charge in [0, 0.05) is 59.0 Å². The van der Waals surface area contributed by atoms with E-state index in [4.69, 9.17) is 16.4 Å². The van der Waals surface area contributed by atoms with Crippen LogP contribution in [-0.2, 0) is 23.0 Å². The second-order valence-electron chi connectivity index (χ2n) is 13.2. The van der Waals surface area contributed by atoms with Crippen molar-refractivity contribution in [2.24, 2.45) is 0 Å². The number of nitrogens with zero attached hydrogens (tertiary/aromatic N) is 4. The molecular weight excluding hydrogens is 710 g/mol. The summed E-state index contributed by atoms with van der Waals surface area (Å²) in [5.41, 5.74) is 4.84. The van der Waals surface area contributed by atoms with Gasteiger partial charge < -0.3 is 14.6 Å². The topological polar surface area (TPSA) is 114 Å². The fourth-order valence-corrected chi connectivity index (χ4v) is 7.92. The Bertz CT molecular complexity index is 2280. The maximum atomic E-state index is 14.2. The molecule has 0 aliphatic carbocycles. The standard InChI is InChI=1S/C41H44ClN5O5S/c1-5-7-21-45(22-8-6-2)41(49)38-39(47(52-4)27-43-38)34-19-17-31(24-35(34)28(3)46-23-20-29-12-9-10-13-32(29)26-46)40(48)44-53(50,51)33-18-16-30-14-11-15-37(42)36(30)25-33/h9-19,24-25,27H,3,5-8,20-23,26H2,1-2,4H3,(H,44,48). The van der Waals surface area contributed by atoms with E-state index in [0.717, 1.165) is 43.1 Å². The number of fused-ring (bicyclic) bond motifs is 2. The fourth-order valence-electron chi connectivity index (χ4n) is 6.69. The van der Waals surface area contributed by atoms with Gasteiger partial charge in [-0.2, -0.15) is 4.73 Å². The fraction of sp³-hybridized carbons (Fsp3) is 0.293. The number of hydrogen-bond acceptors (Lipinski definition) is 7. The van der Waals surface area contributed by atoms with Gasteiger partial charge in [0.1, 0.15) is 19.1 Å². The van der Waals surface area contributed by atoms with E-state index in [2.05, 4.69) is 47.2 Å². The monoisotopic (exact) mass is 753 g/mol. The van der Waals surface area contributed by atoms with Gasteiger partial charge in [0.15, 0.2) is 5.69 Å². The molecule has 53 heavy (non-hydrogen) atoms. The summed E-state index contributed by atoms with van der Waals surface area (Å²) in [7, 11) is -2.79. The van der Waals surface area contributed by atoms with E-state index < -0.39 is 15.9 Å². The molecule has 2 amide bonds. The van der Waals surface area contributed by atoms with Gasteiger partial charge in [-0.05, 0) is 66.1 Å². The van der Waals surface area contributed by atoms with E-state index in [-0.39, 0.29) is 22.1 Å². The Morgan fingerprint density at radius 2 is 1.70 bits per heavy atom. The molecule has 0 saturated heterocycles. The third-order valence-corrected chi connectivity index (χ3v) is 11.3. The first-order chi connectivity index (χ1) is 25.6. The number of carbonyl (C=O) groups is 2. The highest BCUT2D eigenvalue weighted by Gasteiger charge is 2.29. The lowest BCUT2D eigenvalue weighted by atomic mass is 9.94. The van der Waals surface area contributed by atoms with Crippen LogP contribution in [-0.4, -0.2) is 66.5 Å². The van der Waals surface area contributed by atoms with Crippen molar-refractivity contribution in [1.82, 2.24) is 24.2 Å². The summed E-state index contributed by atoms with van der Waals surface area (Å²) in [5, 5.41) is 1.73. The molecule has 0 bridgehead atoms. The van der Waals surface area contributed by atoms with Crippen molar-refractivity contribution in [2.45, 2.75) is 57.4 Å². The quantitative estimate of drug-likeness (QED) is 0.124. The molecule has 0 fully saturated rings. The van der Waals surface area contributed by atoms with Crippen molar-refractivity contribution in [3.63, 3.8) is 0 Å². The smallest absolute Gasteiger partial charge is 0.274 e. The summed E-state index contributed by atoms with van der Waals surface area (Å²) in [4.78, 5) is 42.1. The van der Waals surface area contributed by atoms with E-state index >= 15 is 0 Å². The first-order valence-electron chi connectivity index (χ1n) is 17.9. The van der Waals surface area contributed by atoms with E-state index in [1.165, 1.54) is 41.9 Å². The van der Waals surface area contributed by atoms with Gasteiger partial charge in [0.05, 0.1) is 4.90 Å². The van der Waals surface area contributed by atoms with Crippen molar-refractivity contribution in [2.75, 3.05) is 26.7 Å². The molecule has 10 nitrogen and oxygen atoms in total. The number of hydrogen-bond donors (Lipinski definition) is 1. The lowest BCUT2D eigenvalue weighted by Crippen LogP contribution is -2.34. The summed E-state index contributed by atoms with van der Waals surface area (Å²) < 4.78 is 30.8. The van der Waals surface area contributed by atoms with E-state index in [9.17, 15) is 18.0 Å². The Balaban J connectivity index is 1.41. The van der Waals surface area contributed by atoms with Crippen LogP contribution in [0.25, 0.3) is 27.7 Å². The second-order valence-corrected chi connectivity index (χ2v) is 15.2. The molecule has 4 aromatic carbocycles. The lowest BCUT2D eigenvalue weighted by molar-refractivity contribution is 0.0745. The zero-order valence-electron chi connectivity index (χ0n) is 30.3. The van der Waals surface area contributed by atoms with Gasteiger partial charge in [-0.3, -0.25) is 9.59 Å². The minimum atomic E-state index is -4.29. The Morgan fingerprint density at radius 3 is 2.42 bits per heavy atom. The number of nitrogens with one attached hydrogen (secondary N) is 1. The molecule has 0 radical (unpaired) electrons. The first-order valence-corrected chi connectivity index (χ1v) is 19.7. The van der Waals surface area contributed by atoms with Crippen LogP contribution in [0.4, 0.5) is 0 Å². The third-order valence-electron chi connectivity index (χ3n) is 9.68. The zero-order valence-corrected chi connectivity index (χ0v) is 31.8. The number of imidazole rings is 1. The number of carbonyl (C=O) groups excluding carboxylic acids is 2.